The van der Waals surface area contributed by atoms with Crippen LogP contribution < -0.4 is 14.8 Å². The molecule has 0 spiro atoms. The van der Waals surface area contributed by atoms with Crippen molar-refractivity contribution in [3.8, 4) is 11.5 Å². The number of anilines is 1. The highest BCUT2D eigenvalue weighted by Crippen LogP contribution is 2.34. The standard InChI is InChI=1S/C18H15F5N2O3/c1-27-11-7-10(19)9(6-12(11)28-8-4-2-3-5-8)18(26)24-15-13(20)16(22)25-17(23)14(15)21/h6-8H,2-5H2,1H3,(H,24,25,26). The van der Waals surface area contributed by atoms with E-state index in [1.54, 1.807) is 5.32 Å². The van der Waals surface area contributed by atoms with E-state index in [1.807, 2.05) is 0 Å². The number of pyridine rings is 1. The molecule has 150 valence electrons. The molecule has 1 amide bonds. The minimum Gasteiger partial charge on any atom is -0.493 e. The van der Waals surface area contributed by atoms with Gasteiger partial charge in [-0.25, -0.2) is 4.39 Å². The second-order valence-electron chi connectivity index (χ2n) is 6.16. The third-order valence-electron chi connectivity index (χ3n) is 4.33. The van der Waals surface area contributed by atoms with E-state index in [1.165, 1.54) is 7.11 Å². The summed E-state index contributed by atoms with van der Waals surface area (Å²) in [4.78, 5) is 14.7. The first-order valence-electron chi connectivity index (χ1n) is 8.37. The van der Waals surface area contributed by atoms with Gasteiger partial charge in [0, 0.05) is 6.07 Å². The van der Waals surface area contributed by atoms with Crippen LogP contribution in [0.25, 0.3) is 0 Å². The van der Waals surface area contributed by atoms with E-state index in [0.29, 0.717) is 0 Å². The summed E-state index contributed by atoms with van der Waals surface area (Å²) in [6.07, 6.45) is 3.31. The highest BCUT2D eigenvalue weighted by molar-refractivity contribution is 6.05. The van der Waals surface area contributed by atoms with Gasteiger partial charge >= 0.3 is 0 Å². The first-order chi connectivity index (χ1) is 13.3. The minimum atomic E-state index is -1.95. The lowest BCUT2D eigenvalue weighted by Crippen LogP contribution is -2.19. The molecular weight excluding hydrogens is 387 g/mol. The lowest BCUT2D eigenvalue weighted by Gasteiger charge is -2.17. The fourth-order valence-electron chi connectivity index (χ4n) is 2.92. The fourth-order valence-corrected chi connectivity index (χ4v) is 2.92. The molecule has 1 aromatic carbocycles. The molecule has 1 aliphatic rings. The lowest BCUT2D eigenvalue weighted by atomic mass is 10.1. The van der Waals surface area contributed by atoms with Crippen molar-refractivity contribution in [3.63, 3.8) is 0 Å². The van der Waals surface area contributed by atoms with Crippen molar-refractivity contribution in [2.24, 2.45) is 0 Å². The molecule has 1 N–H and O–H groups in total. The molecule has 28 heavy (non-hydrogen) atoms. The van der Waals surface area contributed by atoms with Crippen LogP contribution in [0.4, 0.5) is 27.6 Å². The molecule has 0 unspecified atom stereocenters. The number of carbonyl (C=O) groups is 1. The van der Waals surface area contributed by atoms with Crippen LogP contribution in [0.5, 0.6) is 11.5 Å². The highest BCUT2D eigenvalue weighted by atomic mass is 19.2. The van der Waals surface area contributed by atoms with Crippen molar-refractivity contribution in [1.82, 2.24) is 4.98 Å². The summed E-state index contributed by atoms with van der Waals surface area (Å²) in [7, 11) is 1.28. The average molecular weight is 402 g/mol. The number of nitrogens with zero attached hydrogens (tertiary/aromatic N) is 1. The van der Waals surface area contributed by atoms with E-state index < -0.39 is 46.5 Å². The monoisotopic (exact) mass is 402 g/mol. The molecule has 0 saturated heterocycles. The molecule has 0 atom stereocenters. The Morgan fingerprint density at radius 1 is 1.04 bits per heavy atom. The number of carbonyl (C=O) groups excluding carboxylic acids is 1. The molecule has 1 heterocycles. The summed E-state index contributed by atoms with van der Waals surface area (Å²) in [5, 5.41) is 1.63. The number of methoxy groups -OCH3 is 1. The van der Waals surface area contributed by atoms with Gasteiger partial charge in [0.25, 0.3) is 17.8 Å². The van der Waals surface area contributed by atoms with Gasteiger partial charge in [-0.05, 0) is 31.7 Å². The average Bonchev–Trinajstić information content (AvgIpc) is 3.17. The second-order valence-corrected chi connectivity index (χ2v) is 6.16. The maximum absolute atomic E-state index is 14.3. The largest absolute Gasteiger partial charge is 0.493 e. The SMILES string of the molecule is COc1cc(F)c(C(=O)Nc2c(F)c(F)nc(F)c2F)cc1OC1CCCC1. The number of halogens is 5. The van der Waals surface area contributed by atoms with Gasteiger partial charge in [-0.1, -0.05) is 0 Å². The van der Waals surface area contributed by atoms with Crippen LogP contribution in [0.1, 0.15) is 36.0 Å². The van der Waals surface area contributed by atoms with Crippen LogP contribution in [0, 0.1) is 29.3 Å². The number of aromatic nitrogens is 1. The molecule has 1 saturated carbocycles. The number of nitrogens with one attached hydrogen (secondary N) is 1. The summed E-state index contributed by atoms with van der Waals surface area (Å²) in [6.45, 7) is 0. The Balaban J connectivity index is 1.93. The van der Waals surface area contributed by atoms with Crippen LogP contribution in [0.3, 0.4) is 0 Å². The van der Waals surface area contributed by atoms with E-state index in [0.717, 1.165) is 37.8 Å². The zero-order valence-corrected chi connectivity index (χ0v) is 14.6. The van der Waals surface area contributed by atoms with Crippen LogP contribution in [-0.2, 0) is 0 Å². The van der Waals surface area contributed by atoms with Crippen LogP contribution in [0.15, 0.2) is 12.1 Å². The molecule has 3 rings (SSSR count). The number of rotatable bonds is 5. The van der Waals surface area contributed by atoms with Gasteiger partial charge in [0.2, 0.25) is 11.6 Å². The summed E-state index contributed by atoms with van der Waals surface area (Å²) in [6, 6.07) is 1.88. The lowest BCUT2D eigenvalue weighted by molar-refractivity contribution is 0.102. The molecule has 5 nitrogen and oxygen atoms in total. The maximum Gasteiger partial charge on any atom is 0.258 e. The predicted octanol–water partition coefficient (Wildman–Crippen LogP) is 4.36. The highest BCUT2D eigenvalue weighted by Gasteiger charge is 2.26. The number of amides is 1. The molecule has 1 aliphatic carbocycles. The Bertz CT molecular complexity index is 891. The zero-order valence-electron chi connectivity index (χ0n) is 14.6. The maximum atomic E-state index is 14.3. The second kappa shape index (κ2) is 7.99. The van der Waals surface area contributed by atoms with Gasteiger partial charge in [-0.15, -0.1) is 0 Å². The first-order valence-corrected chi connectivity index (χ1v) is 8.37. The predicted molar refractivity (Wildman–Crippen MR) is 87.9 cm³/mol. The normalized spacial score (nSPS) is 14.2. The van der Waals surface area contributed by atoms with E-state index in [-0.39, 0.29) is 17.6 Å². The van der Waals surface area contributed by atoms with E-state index in [4.69, 9.17) is 9.47 Å². The third kappa shape index (κ3) is 3.85. The van der Waals surface area contributed by atoms with Gasteiger partial charge in [0.05, 0.1) is 18.8 Å². The summed E-state index contributed by atoms with van der Waals surface area (Å²) in [5.74, 6) is -10.0. The van der Waals surface area contributed by atoms with Crippen molar-refractivity contribution in [2.45, 2.75) is 31.8 Å². The Hall–Kier alpha value is -2.91. The van der Waals surface area contributed by atoms with E-state index >= 15 is 0 Å². The molecule has 1 fully saturated rings. The van der Waals surface area contributed by atoms with Crippen LogP contribution >= 0.6 is 0 Å². The van der Waals surface area contributed by atoms with Crippen molar-refractivity contribution < 1.29 is 36.2 Å². The Morgan fingerprint density at radius 3 is 2.21 bits per heavy atom. The van der Waals surface area contributed by atoms with Crippen LogP contribution in [0.2, 0.25) is 0 Å². The van der Waals surface area contributed by atoms with Crippen molar-refractivity contribution in [2.75, 3.05) is 12.4 Å². The number of ether oxygens (including phenoxy) is 2. The van der Waals surface area contributed by atoms with Crippen molar-refractivity contribution >= 4 is 11.6 Å². The number of hydrogen-bond acceptors (Lipinski definition) is 4. The van der Waals surface area contributed by atoms with Gasteiger partial charge < -0.3 is 14.8 Å². The number of benzene rings is 1. The Kier molecular flexibility index (Phi) is 5.66. The minimum absolute atomic E-state index is 0.0271. The zero-order chi connectivity index (χ0) is 20.4. The Labute approximate surface area is 156 Å². The molecule has 0 aliphatic heterocycles. The molecule has 2 aromatic rings. The molecule has 1 aromatic heterocycles. The summed E-state index contributed by atoms with van der Waals surface area (Å²) < 4.78 is 78.8. The van der Waals surface area contributed by atoms with Crippen LogP contribution in [-0.4, -0.2) is 24.1 Å². The molecule has 0 radical (unpaired) electrons. The fraction of sp³-hybridized carbons (Fsp3) is 0.333. The van der Waals surface area contributed by atoms with Crippen molar-refractivity contribution in [1.29, 1.82) is 0 Å². The smallest absolute Gasteiger partial charge is 0.258 e. The van der Waals surface area contributed by atoms with Gasteiger partial charge in [-0.3, -0.25) is 4.79 Å². The third-order valence-corrected chi connectivity index (χ3v) is 4.33. The Morgan fingerprint density at radius 2 is 1.64 bits per heavy atom. The summed E-state index contributed by atoms with van der Waals surface area (Å²) in [5.41, 5.74) is -2.06. The topological polar surface area (TPSA) is 60.5 Å². The van der Waals surface area contributed by atoms with E-state index in [2.05, 4.69) is 4.98 Å². The first kappa shape index (κ1) is 19.8. The summed E-state index contributed by atoms with van der Waals surface area (Å²) >= 11 is 0. The molecule has 10 heteroatoms. The quantitative estimate of drug-likeness (QED) is 0.597. The van der Waals surface area contributed by atoms with Gasteiger partial charge in [0.1, 0.15) is 11.5 Å². The number of hydrogen-bond donors (Lipinski definition) is 1. The molecular formula is C18H15F5N2O3. The van der Waals surface area contributed by atoms with Crippen molar-refractivity contribution in [3.05, 3.63) is 47.0 Å². The van der Waals surface area contributed by atoms with E-state index in [9.17, 15) is 26.7 Å². The molecule has 0 bridgehead atoms. The van der Waals surface area contributed by atoms with Gasteiger partial charge in [0.15, 0.2) is 11.5 Å². The van der Waals surface area contributed by atoms with Gasteiger partial charge in [-0.2, -0.15) is 22.5 Å².